The van der Waals surface area contributed by atoms with Crippen LogP contribution in [0.3, 0.4) is 0 Å². The molecule has 2 heterocycles. The normalized spacial score (nSPS) is 29.4. The van der Waals surface area contributed by atoms with Crippen LogP contribution in [-0.4, -0.2) is 45.3 Å². The summed E-state index contributed by atoms with van der Waals surface area (Å²) in [5.74, 6) is -3.88. The molecule has 6 atom stereocenters. The van der Waals surface area contributed by atoms with E-state index >= 15 is 0 Å². The second-order valence-corrected chi connectivity index (χ2v) is 12.8. The van der Waals surface area contributed by atoms with Crippen molar-refractivity contribution in [2.45, 2.75) is 39.0 Å². The van der Waals surface area contributed by atoms with Gasteiger partial charge in [0.15, 0.2) is 0 Å². The lowest BCUT2D eigenvalue weighted by Crippen LogP contribution is -2.49. The molecule has 2 aliphatic heterocycles. The highest BCUT2D eigenvalue weighted by atomic mass is 16.3. The Morgan fingerprint density at radius 3 is 2.30 bits per heavy atom. The van der Waals surface area contributed by atoms with E-state index in [1.165, 1.54) is 9.80 Å². The number of para-hydroxylation sites is 2. The van der Waals surface area contributed by atoms with Crippen LogP contribution < -0.4 is 4.90 Å². The van der Waals surface area contributed by atoms with Crippen LogP contribution in [0.4, 0.5) is 5.69 Å². The van der Waals surface area contributed by atoms with Crippen LogP contribution in [-0.2, 0) is 25.6 Å². The first-order valence-electron chi connectivity index (χ1n) is 15.2. The van der Waals surface area contributed by atoms with Gasteiger partial charge in [-0.2, -0.15) is 0 Å². The summed E-state index contributed by atoms with van der Waals surface area (Å²) >= 11 is 0. The summed E-state index contributed by atoms with van der Waals surface area (Å²) in [5, 5.41) is 21.0. The molecule has 0 aromatic heterocycles. The van der Waals surface area contributed by atoms with Crippen LogP contribution in [0.15, 0.2) is 84.4 Å². The molecule has 0 spiro atoms. The highest BCUT2D eigenvalue weighted by Gasteiger charge is 2.67. The highest BCUT2D eigenvalue weighted by Crippen LogP contribution is 2.64. The highest BCUT2D eigenvalue weighted by molar-refractivity contribution is 6.24. The maximum atomic E-state index is 14.4. The fourth-order valence-corrected chi connectivity index (χ4v) is 8.29. The van der Waals surface area contributed by atoms with Gasteiger partial charge in [0.1, 0.15) is 11.5 Å². The van der Waals surface area contributed by atoms with E-state index in [9.17, 15) is 29.4 Å². The lowest BCUT2D eigenvalue weighted by atomic mass is 9.51. The first kappa shape index (κ1) is 28.1. The molecule has 8 nitrogen and oxygen atoms in total. The molecule has 4 aliphatic rings. The van der Waals surface area contributed by atoms with E-state index in [-0.39, 0.29) is 48.1 Å². The van der Waals surface area contributed by atoms with Gasteiger partial charge in [-0.15, -0.1) is 0 Å². The van der Waals surface area contributed by atoms with Crippen molar-refractivity contribution >= 4 is 29.3 Å². The first-order valence-corrected chi connectivity index (χ1v) is 15.2. The van der Waals surface area contributed by atoms with Crippen molar-refractivity contribution < 1.29 is 29.4 Å². The molecule has 0 unspecified atom stereocenters. The van der Waals surface area contributed by atoms with Crippen LogP contribution in [0.25, 0.3) is 0 Å². The number of allylic oxidation sites excluding steroid dienone is 2. The number of amides is 4. The van der Waals surface area contributed by atoms with Gasteiger partial charge in [0.2, 0.25) is 23.6 Å². The van der Waals surface area contributed by atoms with Gasteiger partial charge in [0.05, 0.1) is 28.9 Å². The maximum absolute atomic E-state index is 14.4. The molecule has 0 bridgehead atoms. The molecule has 0 radical (unpaired) electrons. The number of hydrogen-bond acceptors (Lipinski definition) is 6. The topological polar surface area (TPSA) is 115 Å². The molecule has 2 N–H and O–H groups in total. The number of imide groups is 2. The number of aryl methyl sites for hydroxylation is 1. The van der Waals surface area contributed by atoms with E-state index in [1.54, 1.807) is 67.6 Å². The van der Waals surface area contributed by atoms with E-state index in [0.717, 1.165) is 11.1 Å². The van der Waals surface area contributed by atoms with Crippen LogP contribution >= 0.6 is 0 Å². The summed E-state index contributed by atoms with van der Waals surface area (Å²) in [7, 11) is 0. The van der Waals surface area contributed by atoms with Gasteiger partial charge < -0.3 is 10.2 Å². The number of phenols is 2. The molecule has 2 saturated heterocycles. The molecule has 3 aromatic rings. The van der Waals surface area contributed by atoms with Crippen molar-refractivity contribution in [2.75, 3.05) is 11.4 Å². The number of rotatable bonds is 5. The molecule has 3 aromatic carbocycles. The van der Waals surface area contributed by atoms with Gasteiger partial charge in [-0.1, -0.05) is 60.2 Å². The van der Waals surface area contributed by atoms with Crippen molar-refractivity contribution in [1.82, 2.24) is 4.90 Å². The van der Waals surface area contributed by atoms with E-state index in [0.29, 0.717) is 29.7 Å². The molecule has 1 saturated carbocycles. The molecule has 2 aliphatic carbocycles. The van der Waals surface area contributed by atoms with Gasteiger partial charge in [-0.3, -0.25) is 24.1 Å². The van der Waals surface area contributed by atoms with Gasteiger partial charge in [-0.05, 0) is 74.4 Å². The van der Waals surface area contributed by atoms with E-state index < -0.39 is 35.0 Å². The summed E-state index contributed by atoms with van der Waals surface area (Å²) in [6.07, 6.45) is 3.08. The maximum Gasteiger partial charge on any atom is 0.241 e. The minimum absolute atomic E-state index is 0.0731. The van der Waals surface area contributed by atoms with Crippen molar-refractivity contribution in [3.05, 3.63) is 101 Å². The number of nitrogens with zero attached hydrogens (tertiary/aromatic N) is 2. The fourth-order valence-electron chi connectivity index (χ4n) is 8.29. The predicted octanol–water partition coefficient (Wildman–Crippen LogP) is 4.88. The Bertz CT molecular complexity index is 1730. The number of hydrogen-bond donors (Lipinski definition) is 2. The number of benzene rings is 3. The SMILES string of the molecule is Cc1cccc([C@H]2C3=CC[C@@H]4C(=O)N(CCc5ccc(O)cc5)C(=O)[C@@H]4[C@@H]3C[C@H]3C(=O)N(c4ccccc4)C(=O)[C@@]23C)c1O. The summed E-state index contributed by atoms with van der Waals surface area (Å²) in [5.41, 5.74) is 2.26. The summed E-state index contributed by atoms with van der Waals surface area (Å²) in [6, 6.07) is 21.0. The zero-order valence-electron chi connectivity index (χ0n) is 24.6. The lowest BCUT2D eigenvalue weighted by molar-refractivity contribution is -0.140. The Kier molecular flexibility index (Phi) is 6.50. The fraction of sp³-hybridized carbons (Fsp3) is 0.333. The number of fused-ring (bicyclic) bond motifs is 4. The number of anilines is 1. The Labute approximate surface area is 255 Å². The monoisotopic (exact) mass is 590 g/mol. The molecule has 224 valence electrons. The van der Waals surface area contributed by atoms with Gasteiger partial charge in [0, 0.05) is 18.0 Å². The molecular formula is C36H34N2O6. The van der Waals surface area contributed by atoms with Gasteiger partial charge >= 0.3 is 0 Å². The number of carbonyl (C=O) groups is 4. The zero-order valence-corrected chi connectivity index (χ0v) is 24.6. The minimum Gasteiger partial charge on any atom is -0.508 e. The average molecular weight is 591 g/mol. The summed E-state index contributed by atoms with van der Waals surface area (Å²) < 4.78 is 0. The number of aromatic hydroxyl groups is 2. The van der Waals surface area contributed by atoms with Crippen molar-refractivity contribution in [1.29, 1.82) is 0 Å². The molecular weight excluding hydrogens is 556 g/mol. The second-order valence-electron chi connectivity index (χ2n) is 12.8. The van der Waals surface area contributed by atoms with Crippen LogP contribution in [0.5, 0.6) is 11.5 Å². The Morgan fingerprint density at radius 1 is 0.841 bits per heavy atom. The number of likely N-dealkylation sites (tertiary alicyclic amines) is 1. The third kappa shape index (κ3) is 3.96. The van der Waals surface area contributed by atoms with Crippen molar-refractivity contribution in [2.24, 2.45) is 29.1 Å². The third-order valence-electron chi connectivity index (χ3n) is 10.5. The van der Waals surface area contributed by atoms with Gasteiger partial charge in [0.25, 0.3) is 0 Å². The van der Waals surface area contributed by atoms with Crippen LogP contribution in [0, 0.1) is 36.0 Å². The molecule has 44 heavy (non-hydrogen) atoms. The summed E-state index contributed by atoms with van der Waals surface area (Å²) in [4.78, 5) is 59.0. The molecule has 3 fully saturated rings. The van der Waals surface area contributed by atoms with E-state index in [2.05, 4.69) is 0 Å². The van der Waals surface area contributed by atoms with E-state index in [4.69, 9.17) is 0 Å². The smallest absolute Gasteiger partial charge is 0.241 e. The largest absolute Gasteiger partial charge is 0.508 e. The summed E-state index contributed by atoms with van der Waals surface area (Å²) in [6.45, 7) is 3.84. The number of carbonyl (C=O) groups excluding carboxylic acids is 4. The minimum atomic E-state index is -1.20. The molecule has 7 rings (SSSR count). The average Bonchev–Trinajstić information content (AvgIpc) is 3.38. The van der Waals surface area contributed by atoms with Crippen molar-refractivity contribution in [3.63, 3.8) is 0 Å². The number of phenolic OH excluding ortho intramolecular Hbond substituents is 2. The Morgan fingerprint density at radius 2 is 1.57 bits per heavy atom. The standard InChI is InChI=1S/C36H34N2O6/c1-20-7-6-10-26(31(20)40)30-24-15-16-25-29(34(43)37(32(25)41)18-17-21-11-13-23(39)14-12-21)27(24)19-28-33(42)38(35(44)36(28,30)2)22-8-4-3-5-9-22/h3-15,25,27-30,39-40H,16-19H2,1-2H3/t25-,27+,28-,29-,30+,36+/m0/s1. The zero-order chi connectivity index (χ0) is 30.9. The quantitative estimate of drug-likeness (QED) is 0.323. The third-order valence-corrected chi connectivity index (χ3v) is 10.5. The van der Waals surface area contributed by atoms with Gasteiger partial charge in [-0.25, -0.2) is 4.90 Å². The Hall–Kier alpha value is -4.72. The van der Waals surface area contributed by atoms with Crippen LogP contribution in [0.2, 0.25) is 0 Å². The molecule has 8 heteroatoms. The Balaban J connectivity index is 1.30. The predicted molar refractivity (Wildman–Crippen MR) is 162 cm³/mol. The molecule has 4 amide bonds. The first-order chi connectivity index (χ1) is 21.1. The van der Waals surface area contributed by atoms with E-state index in [1.807, 2.05) is 25.1 Å². The van der Waals surface area contributed by atoms with Crippen LogP contribution in [0.1, 0.15) is 42.4 Å². The lowest BCUT2D eigenvalue weighted by Gasteiger charge is -2.49. The second kappa shape index (κ2) is 10.2. The van der Waals surface area contributed by atoms with Crippen molar-refractivity contribution in [3.8, 4) is 11.5 Å².